The second-order valence-electron chi connectivity index (χ2n) is 16.1. The molecule has 0 aliphatic heterocycles. The van der Waals surface area contributed by atoms with E-state index in [4.69, 9.17) is 4.42 Å². The standard InChI is InChI=1S/C60H40N2O/c1-3-16-41(17-4-1)48-20-7-9-22-51(48)52-23-10-8-21-49(52)42-30-34-45(35-31-42)61(47-38-39-59-56(40-47)54-25-12-14-29-58(54)63-59)46-36-32-43(33-37-46)50-26-15-27-55-53-24-11-13-28-57(53)62(60(50)55)44-18-5-2-6-19-44/h1-40H. The van der Waals surface area contributed by atoms with Gasteiger partial charge in [-0.1, -0.05) is 176 Å². The summed E-state index contributed by atoms with van der Waals surface area (Å²) in [6, 6.07) is 87.1. The number of para-hydroxylation sites is 4. The van der Waals surface area contributed by atoms with Crippen LogP contribution in [0.2, 0.25) is 0 Å². The van der Waals surface area contributed by atoms with E-state index in [2.05, 4.69) is 240 Å². The number of anilines is 3. The first kappa shape index (κ1) is 36.5. The van der Waals surface area contributed by atoms with Gasteiger partial charge in [0, 0.05) is 49.9 Å². The number of furan rings is 1. The van der Waals surface area contributed by atoms with Crippen molar-refractivity contribution in [1.82, 2.24) is 4.57 Å². The van der Waals surface area contributed by atoms with Crippen LogP contribution in [0.4, 0.5) is 17.1 Å². The molecule has 0 atom stereocenters. The fourth-order valence-corrected chi connectivity index (χ4v) is 9.53. The molecule has 0 aliphatic carbocycles. The molecule has 0 spiro atoms. The van der Waals surface area contributed by atoms with Crippen LogP contribution in [0.3, 0.4) is 0 Å². The molecule has 0 saturated heterocycles. The van der Waals surface area contributed by atoms with Crippen molar-refractivity contribution in [2.45, 2.75) is 0 Å². The van der Waals surface area contributed by atoms with E-state index in [1.807, 2.05) is 12.1 Å². The highest BCUT2D eigenvalue weighted by Crippen LogP contribution is 2.43. The summed E-state index contributed by atoms with van der Waals surface area (Å²) in [4.78, 5) is 2.35. The van der Waals surface area contributed by atoms with E-state index in [9.17, 15) is 0 Å². The molecule has 3 nitrogen and oxygen atoms in total. The van der Waals surface area contributed by atoms with Crippen LogP contribution in [0.15, 0.2) is 247 Å². The van der Waals surface area contributed by atoms with Crippen LogP contribution in [0.25, 0.3) is 93.9 Å². The second-order valence-corrected chi connectivity index (χ2v) is 16.1. The number of hydrogen-bond donors (Lipinski definition) is 0. The zero-order chi connectivity index (χ0) is 41.7. The van der Waals surface area contributed by atoms with Gasteiger partial charge in [-0.15, -0.1) is 0 Å². The highest BCUT2D eigenvalue weighted by molar-refractivity contribution is 6.14. The van der Waals surface area contributed by atoms with E-state index in [1.54, 1.807) is 0 Å². The van der Waals surface area contributed by atoms with Crippen LogP contribution >= 0.6 is 0 Å². The third kappa shape index (κ3) is 6.29. The van der Waals surface area contributed by atoms with E-state index in [1.165, 1.54) is 55.2 Å². The fraction of sp³-hybridized carbons (Fsp3) is 0. The molecule has 0 radical (unpaired) electrons. The maximum Gasteiger partial charge on any atom is 0.135 e. The van der Waals surface area contributed by atoms with E-state index >= 15 is 0 Å². The molecule has 0 bridgehead atoms. The fourth-order valence-electron chi connectivity index (χ4n) is 9.53. The van der Waals surface area contributed by atoms with Gasteiger partial charge in [0.1, 0.15) is 11.2 Å². The Morgan fingerprint density at radius 1 is 0.302 bits per heavy atom. The second kappa shape index (κ2) is 15.3. The summed E-state index contributed by atoms with van der Waals surface area (Å²) in [7, 11) is 0. The van der Waals surface area contributed by atoms with Gasteiger partial charge in [0.15, 0.2) is 0 Å². The molecule has 0 N–H and O–H groups in total. The van der Waals surface area contributed by atoms with Crippen molar-refractivity contribution in [2.24, 2.45) is 0 Å². The van der Waals surface area contributed by atoms with Crippen molar-refractivity contribution >= 4 is 60.8 Å². The Hall–Kier alpha value is -8.40. The van der Waals surface area contributed by atoms with Gasteiger partial charge in [-0.25, -0.2) is 0 Å². The Bertz CT molecular complexity index is 3600. The third-order valence-corrected chi connectivity index (χ3v) is 12.4. The van der Waals surface area contributed by atoms with Gasteiger partial charge in [0.25, 0.3) is 0 Å². The van der Waals surface area contributed by atoms with Crippen molar-refractivity contribution < 1.29 is 4.42 Å². The summed E-state index contributed by atoms with van der Waals surface area (Å²) in [5.74, 6) is 0. The van der Waals surface area contributed by atoms with Gasteiger partial charge >= 0.3 is 0 Å². The normalized spacial score (nSPS) is 11.5. The Kier molecular flexibility index (Phi) is 8.83. The van der Waals surface area contributed by atoms with Crippen molar-refractivity contribution in [3.05, 3.63) is 243 Å². The van der Waals surface area contributed by atoms with E-state index in [-0.39, 0.29) is 0 Å². The number of hydrogen-bond acceptors (Lipinski definition) is 2. The van der Waals surface area contributed by atoms with Gasteiger partial charge in [0.2, 0.25) is 0 Å². The Balaban J connectivity index is 0.983. The molecule has 0 aliphatic rings. The van der Waals surface area contributed by atoms with Crippen LogP contribution in [-0.4, -0.2) is 4.57 Å². The molecule has 296 valence electrons. The average Bonchev–Trinajstić information content (AvgIpc) is 3.91. The number of benzene rings is 10. The molecule has 0 unspecified atom stereocenters. The molecule has 0 fully saturated rings. The lowest BCUT2D eigenvalue weighted by Gasteiger charge is -2.26. The highest BCUT2D eigenvalue weighted by atomic mass is 16.3. The molecule has 0 amide bonds. The lowest BCUT2D eigenvalue weighted by atomic mass is 9.89. The first-order valence-electron chi connectivity index (χ1n) is 21.5. The van der Waals surface area contributed by atoms with Gasteiger partial charge in [-0.3, -0.25) is 0 Å². The molecule has 0 saturated carbocycles. The predicted octanol–water partition coefficient (Wildman–Crippen LogP) is 16.8. The number of aromatic nitrogens is 1. The summed E-state index contributed by atoms with van der Waals surface area (Å²) in [6.07, 6.45) is 0. The van der Waals surface area contributed by atoms with Crippen LogP contribution in [0.1, 0.15) is 0 Å². The summed E-state index contributed by atoms with van der Waals surface area (Å²) in [5, 5.41) is 4.68. The summed E-state index contributed by atoms with van der Waals surface area (Å²) < 4.78 is 8.70. The van der Waals surface area contributed by atoms with Gasteiger partial charge in [0.05, 0.1) is 11.0 Å². The van der Waals surface area contributed by atoms with Gasteiger partial charge in [-0.05, 0) is 106 Å². The first-order valence-corrected chi connectivity index (χ1v) is 21.5. The smallest absolute Gasteiger partial charge is 0.135 e. The van der Waals surface area contributed by atoms with E-state index in [0.29, 0.717) is 0 Å². The quantitative estimate of drug-likeness (QED) is 0.153. The molecule has 12 aromatic rings. The van der Waals surface area contributed by atoms with Crippen molar-refractivity contribution in [3.63, 3.8) is 0 Å². The molecule has 12 rings (SSSR count). The maximum atomic E-state index is 6.29. The average molecular weight is 805 g/mol. The largest absolute Gasteiger partial charge is 0.456 e. The maximum absolute atomic E-state index is 6.29. The van der Waals surface area contributed by atoms with Crippen molar-refractivity contribution in [2.75, 3.05) is 4.90 Å². The first-order chi connectivity index (χ1) is 31.3. The van der Waals surface area contributed by atoms with Crippen molar-refractivity contribution in [3.8, 4) is 50.2 Å². The molecule has 3 heteroatoms. The zero-order valence-electron chi connectivity index (χ0n) is 34.4. The van der Waals surface area contributed by atoms with E-state index in [0.717, 1.165) is 55.8 Å². The topological polar surface area (TPSA) is 21.3 Å². The number of nitrogens with zero attached hydrogens (tertiary/aromatic N) is 2. The van der Waals surface area contributed by atoms with Crippen LogP contribution in [-0.2, 0) is 0 Å². The summed E-state index contributed by atoms with van der Waals surface area (Å²) in [5.41, 5.74) is 18.0. The Labute approximate surface area is 366 Å². The van der Waals surface area contributed by atoms with Crippen LogP contribution < -0.4 is 4.90 Å². The van der Waals surface area contributed by atoms with Crippen LogP contribution in [0, 0.1) is 0 Å². The zero-order valence-corrected chi connectivity index (χ0v) is 34.4. The molecule has 63 heavy (non-hydrogen) atoms. The Morgan fingerprint density at radius 2 is 0.778 bits per heavy atom. The lowest BCUT2D eigenvalue weighted by Crippen LogP contribution is -2.09. The molecule has 10 aromatic carbocycles. The third-order valence-electron chi connectivity index (χ3n) is 12.4. The molecule has 2 heterocycles. The SMILES string of the molecule is c1ccc(-c2ccccc2-c2ccccc2-c2ccc(N(c3ccc(-c4cccc5c6ccccc6n(-c6ccccc6)c45)cc3)c3ccc4oc5ccccc5c4c3)cc2)cc1. The summed E-state index contributed by atoms with van der Waals surface area (Å²) >= 11 is 0. The molecular formula is C60H40N2O. The Morgan fingerprint density at radius 3 is 1.46 bits per heavy atom. The van der Waals surface area contributed by atoms with Gasteiger partial charge in [-0.2, -0.15) is 0 Å². The molecule has 2 aromatic heterocycles. The predicted molar refractivity (Wildman–Crippen MR) is 264 cm³/mol. The monoisotopic (exact) mass is 804 g/mol. The minimum atomic E-state index is 0.875. The minimum Gasteiger partial charge on any atom is -0.456 e. The van der Waals surface area contributed by atoms with Crippen LogP contribution in [0.5, 0.6) is 0 Å². The summed E-state index contributed by atoms with van der Waals surface area (Å²) in [6.45, 7) is 0. The lowest BCUT2D eigenvalue weighted by molar-refractivity contribution is 0.669. The van der Waals surface area contributed by atoms with Crippen molar-refractivity contribution in [1.29, 1.82) is 0 Å². The molecular weight excluding hydrogens is 765 g/mol. The van der Waals surface area contributed by atoms with Gasteiger partial charge < -0.3 is 13.9 Å². The minimum absolute atomic E-state index is 0.875. The number of rotatable bonds is 8. The van der Waals surface area contributed by atoms with E-state index < -0.39 is 0 Å². The highest BCUT2D eigenvalue weighted by Gasteiger charge is 2.20. The number of fused-ring (bicyclic) bond motifs is 6.